The van der Waals surface area contributed by atoms with Crippen LogP contribution in [0, 0.1) is 5.92 Å². The first-order valence-electron chi connectivity index (χ1n) is 10.8. The zero-order chi connectivity index (χ0) is 22.6. The third-order valence-corrected chi connectivity index (χ3v) is 7.93. The summed E-state index contributed by atoms with van der Waals surface area (Å²) < 4.78 is 38.1. The molecule has 2 aromatic carbocycles. The van der Waals surface area contributed by atoms with Crippen LogP contribution in [0.25, 0.3) is 11.1 Å². The Morgan fingerprint density at radius 3 is 2.06 bits per heavy atom. The summed E-state index contributed by atoms with van der Waals surface area (Å²) in [5, 5.41) is 9.03. The number of hydrogen-bond donors (Lipinski definition) is 1. The lowest BCUT2D eigenvalue weighted by Gasteiger charge is -2.29. The molecule has 2 aliphatic rings. The zero-order valence-electron chi connectivity index (χ0n) is 17.9. The van der Waals surface area contributed by atoms with Gasteiger partial charge in [0, 0.05) is 26.2 Å². The summed E-state index contributed by atoms with van der Waals surface area (Å²) in [6.07, 6.45) is 0.764. The molecule has 2 fully saturated rings. The number of nitrogens with zero attached hydrogens (tertiary/aromatic N) is 2. The van der Waals surface area contributed by atoms with Gasteiger partial charge in [-0.2, -0.15) is 4.31 Å². The lowest BCUT2D eigenvalue weighted by Crippen LogP contribution is -2.40. The normalized spacial score (nSPS) is 18.4. The van der Waals surface area contributed by atoms with Crippen LogP contribution >= 0.6 is 0 Å². The Bertz CT molecular complexity index is 1010. The lowest BCUT2D eigenvalue weighted by atomic mass is 9.98. The van der Waals surface area contributed by atoms with Gasteiger partial charge in [0.15, 0.2) is 0 Å². The maximum atomic E-state index is 12.8. The van der Waals surface area contributed by atoms with Crippen molar-refractivity contribution >= 4 is 16.1 Å². The molecule has 8 nitrogen and oxygen atoms in total. The topological polar surface area (TPSA) is 96.4 Å². The number of carbonyl (C=O) groups is 1. The molecule has 0 saturated carbocycles. The van der Waals surface area contributed by atoms with Gasteiger partial charge in [0.25, 0.3) is 0 Å². The van der Waals surface area contributed by atoms with Crippen LogP contribution < -0.4 is 4.74 Å². The van der Waals surface area contributed by atoms with Crippen molar-refractivity contribution in [2.24, 2.45) is 5.92 Å². The minimum atomic E-state index is -3.50. The molecular weight excluding hydrogens is 432 g/mol. The van der Waals surface area contributed by atoms with Crippen molar-refractivity contribution in [1.29, 1.82) is 0 Å². The SMILES string of the molecule is O=C(O)N1CCC(COc2ccc(-c3ccc(S(=O)(=O)N4CCOCC4)cc3)cc2)CC1. The summed E-state index contributed by atoms with van der Waals surface area (Å²) in [5.74, 6) is 1.12. The number of sulfonamides is 1. The Morgan fingerprint density at radius 2 is 1.50 bits per heavy atom. The Labute approximate surface area is 188 Å². The second-order valence-electron chi connectivity index (χ2n) is 8.09. The van der Waals surface area contributed by atoms with Crippen LogP contribution in [-0.2, 0) is 14.8 Å². The summed E-state index contributed by atoms with van der Waals surface area (Å²) in [6, 6.07) is 14.6. The highest BCUT2D eigenvalue weighted by Gasteiger charge is 2.26. The van der Waals surface area contributed by atoms with E-state index in [1.165, 1.54) is 9.21 Å². The molecule has 0 bridgehead atoms. The second kappa shape index (κ2) is 9.89. The van der Waals surface area contributed by atoms with Crippen molar-refractivity contribution in [1.82, 2.24) is 9.21 Å². The zero-order valence-corrected chi connectivity index (χ0v) is 18.7. The molecule has 0 radical (unpaired) electrons. The molecule has 0 aromatic heterocycles. The second-order valence-corrected chi connectivity index (χ2v) is 10.0. The molecule has 4 rings (SSSR count). The molecule has 2 saturated heterocycles. The largest absolute Gasteiger partial charge is 0.493 e. The minimum absolute atomic E-state index is 0.289. The van der Waals surface area contributed by atoms with E-state index in [1.54, 1.807) is 12.1 Å². The standard InChI is InChI=1S/C23H28N2O6S/c26-23(27)24-11-9-18(10-12-24)17-31-21-5-1-19(2-6-21)20-3-7-22(8-4-20)32(28,29)25-13-15-30-16-14-25/h1-8,18H,9-17H2,(H,26,27). The number of morpholine rings is 1. The van der Waals surface area contributed by atoms with Gasteiger partial charge in [-0.1, -0.05) is 24.3 Å². The Hall–Kier alpha value is -2.62. The quantitative estimate of drug-likeness (QED) is 0.712. The van der Waals surface area contributed by atoms with E-state index >= 15 is 0 Å². The molecule has 32 heavy (non-hydrogen) atoms. The monoisotopic (exact) mass is 460 g/mol. The van der Waals surface area contributed by atoms with E-state index in [0.29, 0.717) is 51.9 Å². The van der Waals surface area contributed by atoms with E-state index in [1.807, 2.05) is 36.4 Å². The molecule has 0 aliphatic carbocycles. The Morgan fingerprint density at radius 1 is 0.938 bits per heavy atom. The van der Waals surface area contributed by atoms with Crippen LogP contribution in [0.3, 0.4) is 0 Å². The van der Waals surface area contributed by atoms with Gasteiger partial charge in [0.1, 0.15) is 5.75 Å². The Balaban J connectivity index is 1.33. The average molecular weight is 461 g/mol. The van der Waals surface area contributed by atoms with Crippen molar-refractivity contribution in [3.8, 4) is 16.9 Å². The van der Waals surface area contributed by atoms with Crippen LogP contribution in [0.2, 0.25) is 0 Å². The maximum Gasteiger partial charge on any atom is 0.407 e. The van der Waals surface area contributed by atoms with Crippen molar-refractivity contribution < 1.29 is 27.8 Å². The molecule has 2 heterocycles. The highest BCUT2D eigenvalue weighted by atomic mass is 32.2. The molecule has 2 aromatic rings. The smallest absolute Gasteiger partial charge is 0.407 e. The summed E-state index contributed by atoms with van der Waals surface area (Å²) in [4.78, 5) is 12.7. The summed E-state index contributed by atoms with van der Waals surface area (Å²) in [6.45, 7) is 3.29. The third-order valence-electron chi connectivity index (χ3n) is 6.02. The van der Waals surface area contributed by atoms with Crippen molar-refractivity contribution in [3.05, 3.63) is 48.5 Å². The maximum absolute atomic E-state index is 12.8. The first-order chi connectivity index (χ1) is 15.4. The van der Waals surface area contributed by atoms with E-state index in [4.69, 9.17) is 14.6 Å². The van der Waals surface area contributed by atoms with Crippen LogP contribution in [0.1, 0.15) is 12.8 Å². The molecular formula is C23H28N2O6S. The number of benzene rings is 2. The lowest BCUT2D eigenvalue weighted by molar-refractivity contribution is 0.0730. The highest BCUT2D eigenvalue weighted by Crippen LogP contribution is 2.26. The summed E-state index contributed by atoms with van der Waals surface area (Å²) in [7, 11) is -3.50. The molecule has 9 heteroatoms. The number of amides is 1. The van der Waals surface area contributed by atoms with Crippen LogP contribution in [-0.4, -0.2) is 74.8 Å². The van der Waals surface area contributed by atoms with Gasteiger partial charge < -0.3 is 19.5 Å². The first kappa shape index (κ1) is 22.6. The first-order valence-corrected chi connectivity index (χ1v) is 12.3. The van der Waals surface area contributed by atoms with Crippen LogP contribution in [0.4, 0.5) is 4.79 Å². The van der Waals surface area contributed by atoms with Gasteiger partial charge in [0.05, 0.1) is 24.7 Å². The molecule has 172 valence electrons. The number of rotatable bonds is 6. The Kier molecular flexibility index (Phi) is 6.98. The fraction of sp³-hybridized carbons (Fsp3) is 0.435. The van der Waals surface area contributed by atoms with Crippen LogP contribution in [0.15, 0.2) is 53.4 Å². The van der Waals surface area contributed by atoms with Crippen molar-refractivity contribution in [3.63, 3.8) is 0 Å². The van der Waals surface area contributed by atoms with E-state index in [0.717, 1.165) is 29.7 Å². The van der Waals surface area contributed by atoms with Gasteiger partial charge in [0.2, 0.25) is 10.0 Å². The summed E-state index contributed by atoms with van der Waals surface area (Å²) in [5.41, 5.74) is 1.90. The number of piperidine rings is 1. The predicted molar refractivity (Wildman–Crippen MR) is 119 cm³/mol. The van der Waals surface area contributed by atoms with E-state index in [9.17, 15) is 13.2 Å². The third kappa shape index (κ3) is 5.23. The fourth-order valence-corrected chi connectivity index (χ4v) is 5.41. The van der Waals surface area contributed by atoms with Gasteiger partial charge in [-0.15, -0.1) is 0 Å². The molecule has 0 spiro atoms. The number of ether oxygens (including phenoxy) is 2. The van der Waals surface area contributed by atoms with Crippen LogP contribution in [0.5, 0.6) is 5.75 Å². The molecule has 1 amide bonds. The van der Waals surface area contributed by atoms with Gasteiger partial charge in [-0.05, 0) is 54.2 Å². The fourth-order valence-electron chi connectivity index (χ4n) is 4.00. The molecule has 1 N–H and O–H groups in total. The summed E-state index contributed by atoms with van der Waals surface area (Å²) >= 11 is 0. The van der Waals surface area contributed by atoms with E-state index in [2.05, 4.69) is 0 Å². The molecule has 2 aliphatic heterocycles. The predicted octanol–water partition coefficient (Wildman–Crippen LogP) is 3.14. The van der Waals surface area contributed by atoms with E-state index < -0.39 is 16.1 Å². The van der Waals surface area contributed by atoms with Crippen molar-refractivity contribution in [2.45, 2.75) is 17.7 Å². The molecule has 0 atom stereocenters. The highest BCUT2D eigenvalue weighted by molar-refractivity contribution is 7.89. The van der Waals surface area contributed by atoms with Crippen molar-refractivity contribution in [2.75, 3.05) is 46.0 Å². The number of carboxylic acid groups (broad SMARTS) is 1. The van der Waals surface area contributed by atoms with Gasteiger partial charge in [-0.25, -0.2) is 13.2 Å². The van der Waals surface area contributed by atoms with Gasteiger partial charge in [-0.3, -0.25) is 0 Å². The molecule has 0 unspecified atom stereocenters. The number of likely N-dealkylation sites (tertiary alicyclic amines) is 1. The van der Waals surface area contributed by atoms with E-state index in [-0.39, 0.29) is 4.90 Å². The number of hydrogen-bond acceptors (Lipinski definition) is 5. The average Bonchev–Trinajstić information content (AvgIpc) is 2.84. The van der Waals surface area contributed by atoms with Gasteiger partial charge >= 0.3 is 6.09 Å². The minimum Gasteiger partial charge on any atom is -0.493 e.